The van der Waals surface area contributed by atoms with Crippen molar-refractivity contribution in [2.24, 2.45) is 11.1 Å². The van der Waals surface area contributed by atoms with E-state index in [1.807, 2.05) is 17.1 Å². The van der Waals surface area contributed by atoms with E-state index in [2.05, 4.69) is 25.9 Å². The summed E-state index contributed by atoms with van der Waals surface area (Å²) >= 11 is 0. The summed E-state index contributed by atoms with van der Waals surface area (Å²) in [5.41, 5.74) is 6.85. The van der Waals surface area contributed by atoms with Gasteiger partial charge >= 0.3 is 0 Å². The Bertz CT molecular complexity index is 245. The Balaban J connectivity index is 2.64. The van der Waals surface area contributed by atoms with Crippen LogP contribution in [0.1, 0.15) is 26.3 Å². The molecule has 0 aromatic carbocycles. The molecule has 0 bridgehead atoms. The first kappa shape index (κ1) is 9.26. The van der Waals surface area contributed by atoms with Gasteiger partial charge in [-0.3, -0.25) is 4.68 Å². The molecule has 3 heteroatoms. The van der Waals surface area contributed by atoms with E-state index in [-0.39, 0.29) is 5.41 Å². The van der Waals surface area contributed by atoms with Crippen molar-refractivity contribution in [2.45, 2.75) is 33.9 Å². The molecule has 68 valence electrons. The highest BCUT2D eigenvalue weighted by Crippen LogP contribution is 2.15. The number of hydrogen-bond acceptors (Lipinski definition) is 2. The van der Waals surface area contributed by atoms with E-state index in [0.29, 0.717) is 6.54 Å². The van der Waals surface area contributed by atoms with Crippen molar-refractivity contribution in [3.63, 3.8) is 0 Å². The van der Waals surface area contributed by atoms with E-state index in [1.165, 1.54) is 0 Å². The maximum Gasteiger partial charge on any atom is 0.0534 e. The van der Waals surface area contributed by atoms with Crippen LogP contribution in [0.4, 0.5) is 0 Å². The molecular formula is C9H17N3. The predicted octanol–water partition coefficient (Wildman–Crippen LogP) is 1.39. The van der Waals surface area contributed by atoms with E-state index in [4.69, 9.17) is 5.73 Å². The van der Waals surface area contributed by atoms with E-state index >= 15 is 0 Å². The van der Waals surface area contributed by atoms with E-state index in [0.717, 1.165) is 12.1 Å². The molecule has 3 nitrogen and oxygen atoms in total. The summed E-state index contributed by atoms with van der Waals surface area (Å²) in [6.45, 7) is 8.08. The Morgan fingerprint density at radius 3 is 2.58 bits per heavy atom. The third-order valence-electron chi connectivity index (χ3n) is 1.56. The van der Waals surface area contributed by atoms with Crippen LogP contribution in [0.25, 0.3) is 0 Å². The smallest absolute Gasteiger partial charge is 0.0534 e. The van der Waals surface area contributed by atoms with Gasteiger partial charge in [-0.15, -0.1) is 0 Å². The summed E-state index contributed by atoms with van der Waals surface area (Å²) in [6, 6.07) is 0. The molecule has 0 spiro atoms. The molecule has 0 aliphatic rings. The van der Waals surface area contributed by atoms with Crippen molar-refractivity contribution in [1.82, 2.24) is 9.78 Å². The second-order valence-electron chi connectivity index (χ2n) is 4.31. The Kier molecular flexibility index (Phi) is 2.52. The van der Waals surface area contributed by atoms with Crippen LogP contribution in [0.15, 0.2) is 12.4 Å². The van der Waals surface area contributed by atoms with Crippen molar-refractivity contribution in [1.29, 1.82) is 0 Å². The fraction of sp³-hybridized carbons (Fsp3) is 0.667. The van der Waals surface area contributed by atoms with Crippen LogP contribution in [-0.4, -0.2) is 9.78 Å². The molecule has 0 aliphatic heterocycles. The van der Waals surface area contributed by atoms with Gasteiger partial charge in [0.2, 0.25) is 0 Å². The van der Waals surface area contributed by atoms with Crippen LogP contribution in [-0.2, 0) is 13.1 Å². The Hall–Kier alpha value is -0.830. The molecule has 0 atom stereocenters. The molecule has 1 heterocycles. The predicted molar refractivity (Wildman–Crippen MR) is 49.6 cm³/mol. The molecule has 0 radical (unpaired) electrons. The largest absolute Gasteiger partial charge is 0.326 e. The molecule has 12 heavy (non-hydrogen) atoms. The molecule has 0 aliphatic carbocycles. The Labute approximate surface area is 73.6 Å². The summed E-state index contributed by atoms with van der Waals surface area (Å²) in [5, 5.41) is 4.21. The zero-order chi connectivity index (χ0) is 9.19. The van der Waals surface area contributed by atoms with Crippen molar-refractivity contribution in [3.8, 4) is 0 Å². The van der Waals surface area contributed by atoms with Gasteiger partial charge in [-0.1, -0.05) is 20.8 Å². The monoisotopic (exact) mass is 167 g/mol. The van der Waals surface area contributed by atoms with E-state index in [1.54, 1.807) is 0 Å². The maximum absolute atomic E-state index is 5.47. The lowest BCUT2D eigenvalue weighted by atomic mass is 9.97. The Morgan fingerprint density at radius 2 is 2.17 bits per heavy atom. The highest BCUT2D eigenvalue weighted by Gasteiger charge is 2.11. The molecular weight excluding hydrogens is 150 g/mol. The second-order valence-corrected chi connectivity index (χ2v) is 4.31. The fourth-order valence-electron chi connectivity index (χ4n) is 1.08. The van der Waals surface area contributed by atoms with Crippen molar-refractivity contribution < 1.29 is 0 Å². The minimum absolute atomic E-state index is 0.276. The fourth-order valence-corrected chi connectivity index (χ4v) is 1.08. The summed E-state index contributed by atoms with van der Waals surface area (Å²) in [5.74, 6) is 0. The van der Waals surface area contributed by atoms with Gasteiger partial charge < -0.3 is 5.73 Å². The van der Waals surface area contributed by atoms with Crippen molar-refractivity contribution in [3.05, 3.63) is 18.0 Å². The standard InChI is InChI=1S/C9H17N3/c1-9(2,3)7-12-6-8(4-10)5-11-12/h5-6H,4,7,10H2,1-3H3. The van der Waals surface area contributed by atoms with Crippen LogP contribution in [0.3, 0.4) is 0 Å². The second kappa shape index (κ2) is 3.27. The van der Waals surface area contributed by atoms with E-state index in [9.17, 15) is 0 Å². The Morgan fingerprint density at radius 1 is 1.50 bits per heavy atom. The molecule has 0 unspecified atom stereocenters. The lowest BCUT2D eigenvalue weighted by Gasteiger charge is -2.17. The lowest BCUT2D eigenvalue weighted by molar-refractivity contribution is 0.325. The number of rotatable bonds is 2. The van der Waals surface area contributed by atoms with Gasteiger partial charge in [0.15, 0.2) is 0 Å². The van der Waals surface area contributed by atoms with Gasteiger partial charge in [-0.25, -0.2) is 0 Å². The maximum atomic E-state index is 5.47. The van der Waals surface area contributed by atoms with Gasteiger partial charge in [0, 0.05) is 24.8 Å². The molecule has 0 amide bonds. The summed E-state index contributed by atoms with van der Waals surface area (Å²) in [4.78, 5) is 0. The van der Waals surface area contributed by atoms with Crippen LogP contribution >= 0.6 is 0 Å². The molecule has 0 saturated carbocycles. The van der Waals surface area contributed by atoms with E-state index < -0.39 is 0 Å². The highest BCUT2D eigenvalue weighted by atomic mass is 15.3. The first-order chi connectivity index (χ1) is 5.51. The highest BCUT2D eigenvalue weighted by molar-refractivity contribution is 5.02. The molecule has 1 aromatic heterocycles. The minimum atomic E-state index is 0.276. The van der Waals surface area contributed by atoms with Gasteiger partial charge in [-0.2, -0.15) is 5.10 Å². The average Bonchev–Trinajstić information content (AvgIpc) is 2.32. The quantitative estimate of drug-likeness (QED) is 0.723. The van der Waals surface area contributed by atoms with Crippen molar-refractivity contribution >= 4 is 0 Å². The number of nitrogens with two attached hydrogens (primary N) is 1. The summed E-state index contributed by atoms with van der Waals surface area (Å²) in [7, 11) is 0. The SMILES string of the molecule is CC(C)(C)Cn1cc(CN)cn1. The minimum Gasteiger partial charge on any atom is -0.326 e. The number of hydrogen-bond donors (Lipinski definition) is 1. The zero-order valence-corrected chi connectivity index (χ0v) is 8.04. The lowest BCUT2D eigenvalue weighted by Crippen LogP contribution is -2.15. The topological polar surface area (TPSA) is 43.8 Å². The normalized spacial score (nSPS) is 12.0. The van der Waals surface area contributed by atoms with Crippen LogP contribution in [0.5, 0.6) is 0 Å². The molecule has 0 fully saturated rings. The van der Waals surface area contributed by atoms with Gasteiger partial charge in [0.05, 0.1) is 6.20 Å². The zero-order valence-electron chi connectivity index (χ0n) is 8.04. The van der Waals surface area contributed by atoms with Crippen LogP contribution in [0, 0.1) is 5.41 Å². The van der Waals surface area contributed by atoms with Crippen molar-refractivity contribution in [2.75, 3.05) is 0 Å². The third-order valence-corrected chi connectivity index (χ3v) is 1.56. The van der Waals surface area contributed by atoms with Gasteiger partial charge in [-0.05, 0) is 5.41 Å². The van der Waals surface area contributed by atoms with Crippen LogP contribution < -0.4 is 5.73 Å². The average molecular weight is 167 g/mol. The number of nitrogens with zero attached hydrogens (tertiary/aromatic N) is 2. The molecule has 1 aromatic rings. The third kappa shape index (κ3) is 2.66. The van der Waals surface area contributed by atoms with Gasteiger partial charge in [0.25, 0.3) is 0 Å². The molecule has 2 N–H and O–H groups in total. The molecule has 1 rings (SSSR count). The molecule has 0 saturated heterocycles. The summed E-state index contributed by atoms with van der Waals surface area (Å²) in [6.07, 6.45) is 3.83. The van der Waals surface area contributed by atoms with Crippen LogP contribution in [0.2, 0.25) is 0 Å². The van der Waals surface area contributed by atoms with Gasteiger partial charge in [0.1, 0.15) is 0 Å². The summed E-state index contributed by atoms with van der Waals surface area (Å²) < 4.78 is 1.95. The first-order valence-corrected chi connectivity index (χ1v) is 4.23. The number of aromatic nitrogens is 2. The first-order valence-electron chi connectivity index (χ1n) is 4.23.